The van der Waals surface area contributed by atoms with Gasteiger partial charge in [-0.05, 0) is 23.7 Å². The summed E-state index contributed by atoms with van der Waals surface area (Å²) in [5.74, 6) is -1.76. The van der Waals surface area contributed by atoms with Crippen LogP contribution in [0.3, 0.4) is 0 Å². The maximum absolute atomic E-state index is 10.5. The first-order chi connectivity index (χ1) is 17.3. The second-order valence-electron chi connectivity index (χ2n) is 5.03. The first kappa shape index (κ1) is 38.4. The van der Waals surface area contributed by atoms with Crippen LogP contribution in [0, 0.1) is 0 Å². The van der Waals surface area contributed by atoms with Crippen molar-refractivity contribution in [1.82, 2.24) is 39.9 Å². The van der Waals surface area contributed by atoms with E-state index in [1.54, 1.807) is 30.9 Å². The second kappa shape index (κ2) is 26.9. The van der Waals surface area contributed by atoms with Gasteiger partial charge in [-0.25, -0.2) is 34.2 Å². The largest absolute Gasteiger partial charge is 1.00 e. The Labute approximate surface area is 334 Å². The number of rotatable bonds is 4. The van der Waals surface area contributed by atoms with Crippen LogP contribution in [0.1, 0.15) is 23.5 Å². The maximum Gasteiger partial charge on any atom is 1.00 e. The average molecular weight is 780 g/mol. The molecule has 0 amide bonds. The van der Waals surface area contributed by atoms with Gasteiger partial charge in [-0.15, -0.1) is 0 Å². The van der Waals surface area contributed by atoms with Crippen molar-refractivity contribution in [2.24, 2.45) is 0 Å². The molecule has 0 saturated heterocycles. The summed E-state index contributed by atoms with van der Waals surface area (Å²) < 4.78 is 17.0. The van der Waals surface area contributed by atoms with Crippen LogP contribution in [0.2, 0.25) is 5.28 Å². The number of aromatic amines is 1. The van der Waals surface area contributed by atoms with Crippen LogP contribution in [-0.2, 0) is 9.68 Å². The van der Waals surface area contributed by atoms with Crippen LogP contribution < -0.4 is 143 Å². The first-order valence-corrected chi connectivity index (χ1v) is 8.95. The molecule has 19 heteroatoms. The topological polar surface area (TPSA) is 222 Å². The van der Waals surface area contributed by atoms with Crippen molar-refractivity contribution in [2.75, 3.05) is 7.15 Å². The molecule has 4 aromatic heterocycles. The van der Waals surface area contributed by atoms with E-state index in [1.807, 2.05) is 6.07 Å². The van der Waals surface area contributed by atoms with Gasteiger partial charge in [0, 0.05) is 49.6 Å². The molecule has 4 heterocycles. The zero-order valence-electron chi connectivity index (χ0n) is 21.4. The Hall–Kier alpha value is -0.726. The van der Waals surface area contributed by atoms with Crippen molar-refractivity contribution in [3.63, 3.8) is 0 Å². The molecule has 4 aromatic rings. The number of aromatic nitrogens is 8. The monoisotopic (exact) mass is 779 g/mol. The summed E-state index contributed by atoms with van der Waals surface area (Å²) in [6, 6.07) is 3.56. The number of halogens is 2. The van der Waals surface area contributed by atoms with Gasteiger partial charge in [-0.1, -0.05) is 0 Å². The molecular weight excluding hydrogens is 761 g/mol. The van der Waals surface area contributed by atoms with E-state index in [1.165, 1.54) is 17.1 Å². The van der Waals surface area contributed by atoms with Gasteiger partial charge in [0.2, 0.25) is 11.2 Å². The zero-order chi connectivity index (χ0) is 27.2. The molecule has 0 aliphatic heterocycles. The quantitative estimate of drug-likeness (QED) is 0.0764. The zero-order valence-corrected chi connectivity index (χ0v) is 32.7. The number of carbonyl (C=O) groups excluding carboxylic acids is 1. The molecule has 37 heavy (non-hydrogen) atoms. The molecule has 0 bridgehead atoms. The van der Waals surface area contributed by atoms with E-state index in [-0.39, 0.29) is 162 Å². The molecule has 4 rings (SSSR count). The fourth-order valence-corrected chi connectivity index (χ4v) is 1.67. The van der Waals surface area contributed by atoms with E-state index in [0.717, 1.165) is 12.4 Å². The van der Waals surface area contributed by atoms with Crippen LogP contribution >= 0.6 is 11.6 Å². The van der Waals surface area contributed by atoms with Gasteiger partial charge in [-0.2, -0.15) is 10.2 Å². The molecule has 0 radical (unpaired) electrons. The number of H-pyrrole nitrogens is 1. The van der Waals surface area contributed by atoms with E-state index in [0.29, 0.717) is 5.95 Å². The number of carbonyl (C=O) groups is 3. The first-order valence-electron chi connectivity index (χ1n) is 9.28. The Morgan fingerprint density at radius 2 is 1.59 bits per heavy atom. The van der Waals surface area contributed by atoms with Crippen LogP contribution in [0.25, 0.3) is 5.95 Å². The molecule has 0 saturated carbocycles. The summed E-state index contributed by atoms with van der Waals surface area (Å²) in [5, 5.41) is 35.5. The Balaban J connectivity index is -0.000000216. The maximum atomic E-state index is 10.5. The number of nitrogens with zero attached hydrogens (tertiary/aromatic N) is 7. The predicted octanol–water partition coefficient (Wildman–Crippen LogP) is -5.26. The third-order valence-electron chi connectivity index (χ3n) is 2.91. The van der Waals surface area contributed by atoms with Gasteiger partial charge in [0.05, 0.1) is 19.7 Å². The molecule has 0 aliphatic rings. The summed E-state index contributed by atoms with van der Waals surface area (Å²) in [4.78, 5) is 46.6. The van der Waals surface area contributed by atoms with E-state index >= 15 is 0 Å². The van der Waals surface area contributed by atoms with Crippen molar-refractivity contribution in [3.8, 4) is 5.95 Å². The third-order valence-corrected chi connectivity index (χ3v) is 3.10. The molecule has 0 aromatic carbocycles. The smallest absolute Gasteiger partial charge is 1.00 e. The molecular formula is C18H18ClCs2FN8O7. The summed E-state index contributed by atoms with van der Waals surface area (Å²) in [7, 11) is -1.00. The van der Waals surface area contributed by atoms with Crippen molar-refractivity contribution in [2.45, 2.75) is 0 Å². The minimum atomic E-state index is -1.06. The van der Waals surface area contributed by atoms with Gasteiger partial charge < -0.3 is 21.8 Å². The van der Waals surface area contributed by atoms with E-state index in [2.05, 4.69) is 40.1 Å². The Kier molecular flexibility index (Phi) is 27.9. The molecule has 3 N–H and O–H groups in total. The molecule has 0 aliphatic carbocycles. The van der Waals surface area contributed by atoms with Crippen molar-refractivity contribution in [1.29, 1.82) is 0 Å². The van der Waals surface area contributed by atoms with Crippen LogP contribution in [0.15, 0.2) is 61.7 Å². The van der Waals surface area contributed by atoms with Crippen molar-refractivity contribution in [3.05, 3.63) is 78.1 Å². The average Bonchev–Trinajstić information content (AvgIpc) is 3.63. The molecule has 188 valence electrons. The van der Waals surface area contributed by atoms with E-state index in [9.17, 15) is 14.0 Å². The normalized spacial score (nSPS) is 8.46. The van der Waals surface area contributed by atoms with Crippen LogP contribution in [-0.4, -0.2) is 75.7 Å². The van der Waals surface area contributed by atoms with Gasteiger partial charge in [0.15, 0.2) is 0 Å². The van der Waals surface area contributed by atoms with E-state index in [4.69, 9.17) is 33.2 Å². The standard InChI is InChI=1S/C8H6N4O2.C5H3ClN2O2.C3H4N2.CH3F.CH2O3.2Cs.H/c13-7(14)6-4-9-8(10-5-6)12-3-1-2-11-12;6-5-7-1-3(2-8-5)4(9)10;1-2-4-5-3-1;1-2;2-1-4-3;;;/h1-5H,(H,13,14);1-2H,(H,9,10);1-3H,(H,4,5);1H3;1,3H;;;/q;;;;;2*+1;-1/p-1/i;;;1D;;;;. The molecule has 0 fully saturated rings. The van der Waals surface area contributed by atoms with Crippen LogP contribution in [0.5, 0.6) is 0 Å². The predicted molar refractivity (Wildman–Crippen MR) is 114 cm³/mol. The molecule has 0 atom stereocenters. The number of carboxylic acid groups (broad SMARTS) is 2. The SMILES string of the molecule is O=C(O)c1cnc(-n2cccn2)nc1.O=C(O)c1cnc(Cl)nc1.O=CO[O-].[2H]CF.[Cs+].[Cs+].[H-].c1cn[nH]c1. The number of hydrogen-bond donors (Lipinski definition) is 3. The van der Waals surface area contributed by atoms with Crippen molar-refractivity contribution >= 4 is 30.0 Å². The number of aromatic carboxylic acids is 2. The summed E-state index contributed by atoms with van der Waals surface area (Å²) in [6.07, 6.45) is 11.5. The molecule has 0 spiro atoms. The molecule has 0 unspecified atom stereocenters. The van der Waals surface area contributed by atoms with Gasteiger partial charge in [-0.3, -0.25) is 14.3 Å². The minimum Gasteiger partial charge on any atom is -1.00 e. The number of hydrogen-bond acceptors (Lipinski definition) is 11. The summed E-state index contributed by atoms with van der Waals surface area (Å²) in [5.41, 5.74) is 0.0882. The van der Waals surface area contributed by atoms with Gasteiger partial charge in [0.25, 0.3) is 6.47 Å². The van der Waals surface area contributed by atoms with Crippen LogP contribution in [0.4, 0.5) is 4.39 Å². The summed E-state index contributed by atoms with van der Waals surface area (Å²) >= 11 is 5.30. The number of carboxylic acids is 2. The molecule has 15 nitrogen and oxygen atoms in total. The number of alkyl halides is 1. The second-order valence-corrected chi connectivity index (χ2v) is 5.37. The Bertz CT molecular complexity index is 1100. The van der Waals surface area contributed by atoms with E-state index < -0.39 is 19.1 Å². The van der Waals surface area contributed by atoms with Gasteiger partial charge >= 0.3 is 150 Å². The fraction of sp³-hybridized carbons (Fsp3) is 0.0556. The fourth-order valence-electron chi connectivity index (χ4n) is 1.57. The Morgan fingerprint density at radius 3 is 1.89 bits per heavy atom. The van der Waals surface area contributed by atoms with Gasteiger partial charge in [0.1, 0.15) is 0 Å². The van der Waals surface area contributed by atoms with Crippen molar-refractivity contribution < 1.29 is 180 Å². The number of nitrogens with one attached hydrogen (secondary N) is 1. The summed E-state index contributed by atoms with van der Waals surface area (Å²) in [6.45, 7) is -0.181. The Morgan fingerprint density at radius 1 is 1.11 bits per heavy atom. The third kappa shape index (κ3) is 19.9. The minimum absolute atomic E-state index is 0.